The first-order chi connectivity index (χ1) is 13.4. The van der Waals surface area contributed by atoms with Crippen LogP contribution in [0, 0.1) is 6.92 Å². The van der Waals surface area contributed by atoms with Crippen molar-refractivity contribution in [2.75, 3.05) is 12.4 Å². The molecule has 10 heteroatoms. The van der Waals surface area contributed by atoms with Gasteiger partial charge in [-0.2, -0.15) is 4.68 Å². The number of anilines is 1. The van der Waals surface area contributed by atoms with Gasteiger partial charge in [-0.25, -0.2) is 0 Å². The third kappa shape index (κ3) is 4.40. The van der Waals surface area contributed by atoms with E-state index in [2.05, 4.69) is 20.8 Å². The molecular weight excluding hydrogens is 421 g/mol. The molecule has 1 unspecified atom stereocenters. The van der Waals surface area contributed by atoms with Gasteiger partial charge in [0.1, 0.15) is 11.4 Å². The Kier molecular flexibility index (Phi) is 6.43. The molecule has 28 heavy (non-hydrogen) atoms. The number of thioether (sulfide) groups is 1. The minimum Gasteiger partial charge on any atom is -0.494 e. The van der Waals surface area contributed by atoms with Crippen LogP contribution >= 0.6 is 35.0 Å². The first-order valence-electron chi connectivity index (χ1n) is 8.25. The van der Waals surface area contributed by atoms with E-state index in [1.807, 2.05) is 25.1 Å². The molecule has 0 saturated heterocycles. The molecule has 3 rings (SSSR count). The summed E-state index contributed by atoms with van der Waals surface area (Å²) in [5.41, 5.74) is 2.18. The van der Waals surface area contributed by atoms with Crippen molar-refractivity contribution >= 4 is 46.6 Å². The Labute approximate surface area is 176 Å². The third-order valence-corrected chi connectivity index (χ3v) is 5.72. The molecule has 0 aliphatic heterocycles. The Bertz CT molecular complexity index is 1010. The van der Waals surface area contributed by atoms with Crippen LogP contribution in [0.5, 0.6) is 5.75 Å². The number of ether oxygens (including phenoxy) is 1. The second kappa shape index (κ2) is 8.81. The molecule has 0 aliphatic rings. The van der Waals surface area contributed by atoms with Gasteiger partial charge in [-0.15, -0.1) is 5.10 Å². The second-order valence-electron chi connectivity index (χ2n) is 5.90. The fourth-order valence-corrected chi connectivity index (χ4v) is 3.56. The van der Waals surface area contributed by atoms with Crippen molar-refractivity contribution in [2.24, 2.45) is 0 Å². The lowest BCUT2D eigenvalue weighted by molar-refractivity contribution is -0.115. The Morgan fingerprint density at radius 2 is 2.07 bits per heavy atom. The zero-order valence-corrected chi connectivity index (χ0v) is 17.6. The van der Waals surface area contributed by atoms with Gasteiger partial charge in [0.05, 0.1) is 28.1 Å². The number of nitrogens with one attached hydrogen (secondary N) is 1. The summed E-state index contributed by atoms with van der Waals surface area (Å²) in [6, 6.07) is 10.7. The van der Waals surface area contributed by atoms with E-state index in [4.69, 9.17) is 27.9 Å². The standard InChI is InChI=1S/C18H17Cl2N5O2S/c1-10-7-8-15(27-3)14(9-10)25-18(22-23-24-25)28-11(2)17(26)21-13-6-4-5-12(19)16(13)20/h4-9,11H,1-3H3,(H,21,26). The predicted octanol–water partition coefficient (Wildman–Crippen LogP) is 4.41. The maximum atomic E-state index is 12.6. The first kappa shape index (κ1) is 20.4. The van der Waals surface area contributed by atoms with Gasteiger partial charge in [-0.05, 0) is 54.1 Å². The van der Waals surface area contributed by atoms with E-state index in [1.165, 1.54) is 11.8 Å². The van der Waals surface area contributed by atoms with Gasteiger partial charge in [0.15, 0.2) is 0 Å². The number of aryl methyl sites for hydroxylation is 1. The molecule has 146 valence electrons. The number of carbonyl (C=O) groups excluding carboxylic acids is 1. The maximum absolute atomic E-state index is 12.6. The number of nitrogens with zero attached hydrogens (tertiary/aromatic N) is 4. The topological polar surface area (TPSA) is 81.9 Å². The molecule has 7 nitrogen and oxygen atoms in total. The van der Waals surface area contributed by atoms with Gasteiger partial charge in [0.25, 0.3) is 0 Å². The van der Waals surface area contributed by atoms with E-state index in [-0.39, 0.29) is 5.91 Å². The third-order valence-electron chi connectivity index (χ3n) is 3.86. The zero-order valence-electron chi connectivity index (χ0n) is 15.3. The number of halogens is 2. The summed E-state index contributed by atoms with van der Waals surface area (Å²) in [5.74, 6) is 0.377. The largest absolute Gasteiger partial charge is 0.494 e. The van der Waals surface area contributed by atoms with E-state index >= 15 is 0 Å². The quantitative estimate of drug-likeness (QED) is 0.575. The lowest BCUT2D eigenvalue weighted by Crippen LogP contribution is -2.23. The first-order valence-corrected chi connectivity index (χ1v) is 9.89. The van der Waals surface area contributed by atoms with Gasteiger partial charge >= 0.3 is 0 Å². The molecule has 0 spiro atoms. The van der Waals surface area contributed by atoms with Gasteiger partial charge in [0, 0.05) is 0 Å². The van der Waals surface area contributed by atoms with E-state index in [9.17, 15) is 4.79 Å². The van der Waals surface area contributed by atoms with Gasteiger partial charge in [-0.1, -0.05) is 47.1 Å². The minimum absolute atomic E-state index is 0.250. The molecule has 1 N–H and O–H groups in total. The van der Waals surface area contributed by atoms with Crippen LogP contribution in [0.15, 0.2) is 41.6 Å². The number of amides is 1. The van der Waals surface area contributed by atoms with E-state index in [0.717, 1.165) is 5.56 Å². The molecule has 0 fully saturated rings. The van der Waals surface area contributed by atoms with Crippen LogP contribution in [0.1, 0.15) is 12.5 Å². The molecule has 0 radical (unpaired) electrons. The van der Waals surface area contributed by atoms with Crippen molar-refractivity contribution in [3.63, 3.8) is 0 Å². The Hall–Kier alpha value is -2.29. The van der Waals surface area contributed by atoms with Crippen LogP contribution < -0.4 is 10.1 Å². The summed E-state index contributed by atoms with van der Waals surface area (Å²) in [6.07, 6.45) is 0. The van der Waals surface area contributed by atoms with Crippen LogP contribution in [-0.4, -0.2) is 38.5 Å². The average Bonchev–Trinajstić information content (AvgIpc) is 3.13. The molecule has 1 atom stereocenters. The highest BCUT2D eigenvalue weighted by molar-refractivity contribution is 8.00. The molecule has 1 heterocycles. The van der Waals surface area contributed by atoms with E-state index in [0.29, 0.717) is 32.3 Å². The highest BCUT2D eigenvalue weighted by atomic mass is 35.5. The molecule has 1 aromatic heterocycles. The number of hydrogen-bond donors (Lipinski definition) is 1. The molecule has 3 aromatic rings. The van der Waals surface area contributed by atoms with Crippen molar-refractivity contribution in [3.05, 3.63) is 52.0 Å². The monoisotopic (exact) mass is 437 g/mol. The number of tetrazole rings is 1. The molecule has 1 amide bonds. The number of hydrogen-bond acceptors (Lipinski definition) is 6. The number of aromatic nitrogens is 4. The zero-order chi connectivity index (χ0) is 20.3. The highest BCUT2D eigenvalue weighted by Crippen LogP contribution is 2.32. The summed E-state index contributed by atoms with van der Waals surface area (Å²) in [4.78, 5) is 12.6. The molecule has 0 saturated carbocycles. The van der Waals surface area contributed by atoms with Crippen LogP contribution in [0.25, 0.3) is 5.69 Å². The number of rotatable bonds is 6. The number of carbonyl (C=O) groups is 1. The Morgan fingerprint density at radius 3 is 2.82 bits per heavy atom. The maximum Gasteiger partial charge on any atom is 0.237 e. The normalized spacial score (nSPS) is 11.9. The summed E-state index contributed by atoms with van der Waals surface area (Å²) < 4.78 is 6.95. The van der Waals surface area contributed by atoms with E-state index in [1.54, 1.807) is 36.9 Å². The highest BCUT2D eigenvalue weighted by Gasteiger charge is 2.21. The number of benzene rings is 2. The smallest absolute Gasteiger partial charge is 0.237 e. The summed E-state index contributed by atoms with van der Waals surface area (Å²) in [6.45, 7) is 3.72. The van der Waals surface area contributed by atoms with E-state index < -0.39 is 5.25 Å². The second-order valence-corrected chi connectivity index (χ2v) is 7.99. The van der Waals surface area contributed by atoms with Crippen molar-refractivity contribution in [3.8, 4) is 11.4 Å². The molecular formula is C18H17Cl2N5O2S. The van der Waals surface area contributed by atoms with Crippen molar-refractivity contribution in [1.82, 2.24) is 20.2 Å². The van der Waals surface area contributed by atoms with Gasteiger partial charge < -0.3 is 10.1 Å². The lowest BCUT2D eigenvalue weighted by Gasteiger charge is -2.14. The number of methoxy groups -OCH3 is 1. The summed E-state index contributed by atoms with van der Waals surface area (Å²) in [5, 5.41) is 15.2. The van der Waals surface area contributed by atoms with Crippen LogP contribution in [0.2, 0.25) is 10.0 Å². The SMILES string of the molecule is COc1ccc(C)cc1-n1nnnc1SC(C)C(=O)Nc1cccc(Cl)c1Cl. The Morgan fingerprint density at radius 1 is 1.29 bits per heavy atom. The average molecular weight is 438 g/mol. The van der Waals surface area contributed by atoms with Gasteiger partial charge in [0.2, 0.25) is 11.1 Å². The fraction of sp³-hybridized carbons (Fsp3) is 0.222. The van der Waals surface area contributed by atoms with Crippen LogP contribution in [-0.2, 0) is 4.79 Å². The summed E-state index contributed by atoms with van der Waals surface area (Å²) >= 11 is 13.3. The van der Waals surface area contributed by atoms with Crippen molar-refractivity contribution in [1.29, 1.82) is 0 Å². The predicted molar refractivity (Wildman–Crippen MR) is 111 cm³/mol. The van der Waals surface area contributed by atoms with Crippen LogP contribution in [0.4, 0.5) is 5.69 Å². The molecule has 0 aliphatic carbocycles. The lowest BCUT2D eigenvalue weighted by atomic mass is 10.2. The molecule has 0 bridgehead atoms. The van der Waals surface area contributed by atoms with Crippen molar-refractivity contribution in [2.45, 2.75) is 24.3 Å². The summed E-state index contributed by atoms with van der Waals surface area (Å²) in [7, 11) is 1.58. The fourth-order valence-electron chi connectivity index (χ4n) is 2.42. The minimum atomic E-state index is -0.490. The Balaban J connectivity index is 1.80. The van der Waals surface area contributed by atoms with Gasteiger partial charge in [-0.3, -0.25) is 4.79 Å². The molecule has 2 aromatic carbocycles. The van der Waals surface area contributed by atoms with Crippen molar-refractivity contribution < 1.29 is 9.53 Å². The van der Waals surface area contributed by atoms with Crippen LogP contribution in [0.3, 0.4) is 0 Å².